The molecule has 0 spiro atoms. The first-order valence-electron chi connectivity index (χ1n) is 7.00. The average molecular weight is 296 g/mol. The maximum absolute atomic E-state index is 12.2. The van der Waals surface area contributed by atoms with E-state index >= 15 is 0 Å². The molecule has 0 saturated heterocycles. The zero-order chi connectivity index (χ0) is 15.2. The van der Waals surface area contributed by atoms with Crippen molar-refractivity contribution < 1.29 is 8.42 Å². The third-order valence-corrected chi connectivity index (χ3v) is 6.44. The van der Waals surface area contributed by atoms with Gasteiger partial charge in [-0.25, -0.2) is 13.1 Å². The van der Waals surface area contributed by atoms with Gasteiger partial charge in [0.25, 0.3) is 0 Å². The molecule has 0 aliphatic heterocycles. The molecule has 0 heterocycles. The van der Waals surface area contributed by atoms with Crippen LogP contribution in [0.1, 0.15) is 34.6 Å². The Kier molecular flexibility index (Phi) is 3.63. The van der Waals surface area contributed by atoms with Gasteiger partial charge in [-0.3, -0.25) is 0 Å². The van der Waals surface area contributed by atoms with E-state index in [1.54, 1.807) is 19.1 Å². The fourth-order valence-corrected chi connectivity index (χ4v) is 4.01. The largest absolute Gasteiger partial charge is 0.380 e. The van der Waals surface area contributed by atoms with Crippen LogP contribution in [0.2, 0.25) is 0 Å². The van der Waals surface area contributed by atoms with Gasteiger partial charge in [0.2, 0.25) is 10.0 Å². The predicted molar refractivity (Wildman–Crippen MR) is 82.3 cm³/mol. The zero-order valence-electron chi connectivity index (χ0n) is 12.8. The molecule has 1 aromatic carbocycles. The van der Waals surface area contributed by atoms with Crippen LogP contribution in [0.4, 0.5) is 5.69 Å². The van der Waals surface area contributed by atoms with Crippen molar-refractivity contribution in [2.75, 3.05) is 11.9 Å². The fraction of sp³-hybridized carbons (Fsp3) is 0.600. The van der Waals surface area contributed by atoms with E-state index in [1.807, 2.05) is 12.1 Å². The quantitative estimate of drug-likeness (QED) is 0.878. The molecule has 5 heteroatoms. The molecule has 1 fully saturated rings. The van der Waals surface area contributed by atoms with Crippen molar-refractivity contribution in [3.8, 4) is 0 Å². The number of rotatable bonds is 5. The first kappa shape index (κ1) is 15.3. The third-order valence-electron chi connectivity index (χ3n) is 4.83. The maximum atomic E-state index is 12.2. The van der Waals surface area contributed by atoms with Crippen molar-refractivity contribution >= 4 is 15.7 Å². The number of benzene rings is 1. The molecule has 0 atom stereocenters. The van der Waals surface area contributed by atoms with Gasteiger partial charge in [-0.2, -0.15) is 0 Å². The molecule has 1 saturated carbocycles. The Bertz CT molecular complexity index is 592. The Labute approximate surface area is 122 Å². The number of nitrogens with one attached hydrogen (secondary N) is 2. The van der Waals surface area contributed by atoms with Gasteiger partial charge in [0, 0.05) is 12.6 Å². The third kappa shape index (κ3) is 2.33. The van der Waals surface area contributed by atoms with Crippen molar-refractivity contribution in [1.29, 1.82) is 0 Å². The maximum Gasteiger partial charge on any atom is 0.242 e. The Balaban J connectivity index is 2.32. The molecule has 1 aromatic rings. The lowest BCUT2D eigenvalue weighted by Gasteiger charge is -2.14. The molecule has 0 radical (unpaired) electrons. The van der Waals surface area contributed by atoms with Crippen LogP contribution in [0.5, 0.6) is 0 Å². The van der Waals surface area contributed by atoms with Gasteiger partial charge < -0.3 is 5.32 Å². The highest BCUT2D eigenvalue weighted by Gasteiger charge is 2.65. The minimum absolute atomic E-state index is 0.155. The summed E-state index contributed by atoms with van der Waals surface area (Å²) in [4.78, 5) is 0.320. The van der Waals surface area contributed by atoms with Gasteiger partial charge >= 0.3 is 0 Å². The highest BCUT2D eigenvalue weighted by Crippen LogP contribution is 2.63. The van der Waals surface area contributed by atoms with Crippen LogP contribution in [-0.4, -0.2) is 21.0 Å². The molecule has 20 heavy (non-hydrogen) atoms. The summed E-state index contributed by atoms with van der Waals surface area (Å²) < 4.78 is 27.0. The van der Waals surface area contributed by atoms with E-state index in [0.717, 1.165) is 0 Å². The summed E-state index contributed by atoms with van der Waals surface area (Å²) in [6.45, 7) is 11.0. The number of hydrogen-bond donors (Lipinski definition) is 2. The molecule has 1 aliphatic carbocycles. The van der Waals surface area contributed by atoms with Gasteiger partial charge in [-0.15, -0.1) is 0 Å². The summed E-state index contributed by atoms with van der Waals surface area (Å²) in [5.41, 5.74) is 0.988. The molecule has 0 unspecified atom stereocenters. The van der Waals surface area contributed by atoms with Crippen LogP contribution in [0.25, 0.3) is 0 Å². The lowest BCUT2D eigenvalue weighted by Crippen LogP contribution is -2.24. The molecule has 0 bridgehead atoms. The molecule has 0 aromatic heterocycles. The van der Waals surface area contributed by atoms with Crippen LogP contribution in [0.15, 0.2) is 29.2 Å². The van der Waals surface area contributed by atoms with E-state index in [4.69, 9.17) is 0 Å². The normalized spacial score (nSPS) is 20.6. The minimum atomic E-state index is -3.45. The smallest absolute Gasteiger partial charge is 0.242 e. The van der Waals surface area contributed by atoms with Crippen molar-refractivity contribution in [1.82, 2.24) is 4.72 Å². The second kappa shape index (κ2) is 4.74. The summed E-state index contributed by atoms with van der Waals surface area (Å²) in [6.07, 6.45) is 0. The van der Waals surface area contributed by atoms with E-state index in [2.05, 4.69) is 37.7 Å². The van der Waals surface area contributed by atoms with Crippen LogP contribution in [0.3, 0.4) is 0 Å². The number of hydrogen-bond acceptors (Lipinski definition) is 3. The monoisotopic (exact) mass is 296 g/mol. The van der Waals surface area contributed by atoms with Crippen molar-refractivity contribution in [3.63, 3.8) is 0 Å². The highest BCUT2D eigenvalue weighted by atomic mass is 32.2. The number of para-hydroxylation sites is 1. The lowest BCUT2D eigenvalue weighted by molar-refractivity contribution is 0.457. The SMILES string of the molecule is CCNS(=O)(=O)c1ccccc1NC1C(C)(C)C1(C)C. The average Bonchev–Trinajstić information content (AvgIpc) is 2.72. The molecule has 2 rings (SSSR count). The highest BCUT2D eigenvalue weighted by molar-refractivity contribution is 7.89. The molecule has 0 amide bonds. The Morgan fingerprint density at radius 3 is 2.15 bits per heavy atom. The molecule has 112 valence electrons. The summed E-state index contributed by atoms with van der Waals surface area (Å²) in [7, 11) is -3.45. The van der Waals surface area contributed by atoms with Crippen LogP contribution < -0.4 is 10.0 Å². The van der Waals surface area contributed by atoms with Gasteiger partial charge in [0.15, 0.2) is 0 Å². The van der Waals surface area contributed by atoms with Gasteiger partial charge in [-0.1, -0.05) is 46.8 Å². The molecule has 2 N–H and O–H groups in total. The van der Waals surface area contributed by atoms with Crippen LogP contribution in [0, 0.1) is 10.8 Å². The topological polar surface area (TPSA) is 58.2 Å². The first-order chi connectivity index (χ1) is 9.14. The van der Waals surface area contributed by atoms with E-state index < -0.39 is 10.0 Å². The molecule has 1 aliphatic rings. The predicted octanol–water partition coefficient (Wildman–Crippen LogP) is 2.83. The van der Waals surface area contributed by atoms with Crippen molar-refractivity contribution in [3.05, 3.63) is 24.3 Å². The van der Waals surface area contributed by atoms with Gasteiger partial charge in [0.05, 0.1) is 5.69 Å². The van der Waals surface area contributed by atoms with E-state index in [0.29, 0.717) is 17.1 Å². The van der Waals surface area contributed by atoms with Crippen LogP contribution >= 0.6 is 0 Å². The second-order valence-electron chi connectivity index (χ2n) is 6.52. The molecular weight excluding hydrogens is 272 g/mol. The van der Waals surface area contributed by atoms with E-state index in [9.17, 15) is 8.42 Å². The molecular formula is C15H24N2O2S. The first-order valence-corrected chi connectivity index (χ1v) is 8.48. The van der Waals surface area contributed by atoms with Crippen LogP contribution in [-0.2, 0) is 10.0 Å². The number of anilines is 1. The Hall–Kier alpha value is -1.07. The summed E-state index contributed by atoms with van der Waals surface area (Å²) in [5, 5.41) is 3.41. The lowest BCUT2D eigenvalue weighted by atomic mass is 10.0. The van der Waals surface area contributed by atoms with Gasteiger partial charge in [0.1, 0.15) is 4.90 Å². The van der Waals surface area contributed by atoms with Crippen molar-refractivity contribution in [2.45, 2.75) is 45.6 Å². The Morgan fingerprint density at radius 2 is 1.65 bits per heavy atom. The second-order valence-corrected chi connectivity index (χ2v) is 8.25. The van der Waals surface area contributed by atoms with Gasteiger partial charge in [-0.05, 0) is 23.0 Å². The summed E-state index contributed by atoms with van der Waals surface area (Å²) in [6, 6.07) is 7.35. The Morgan fingerprint density at radius 1 is 1.10 bits per heavy atom. The fourth-order valence-electron chi connectivity index (χ4n) is 2.80. The van der Waals surface area contributed by atoms with E-state index in [1.165, 1.54) is 0 Å². The summed E-state index contributed by atoms with van der Waals surface area (Å²) in [5.74, 6) is 0. The summed E-state index contributed by atoms with van der Waals surface area (Å²) >= 11 is 0. The number of sulfonamides is 1. The van der Waals surface area contributed by atoms with E-state index in [-0.39, 0.29) is 16.9 Å². The zero-order valence-corrected chi connectivity index (χ0v) is 13.6. The molecule has 4 nitrogen and oxygen atoms in total. The van der Waals surface area contributed by atoms with Crippen molar-refractivity contribution in [2.24, 2.45) is 10.8 Å². The standard InChI is InChI=1S/C15H24N2O2S/c1-6-16-20(18,19)12-10-8-7-9-11(12)17-13-14(2,3)15(13,4)5/h7-10,13,16-17H,6H2,1-5H3. The minimum Gasteiger partial charge on any atom is -0.380 e.